The molecule has 0 heterocycles. The van der Waals surface area contributed by atoms with E-state index in [0.29, 0.717) is 0 Å². The van der Waals surface area contributed by atoms with Crippen molar-refractivity contribution in [3.8, 4) is 0 Å². The first-order chi connectivity index (χ1) is 9.02. The van der Waals surface area contributed by atoms with Crippen LogP contribution in [0.3, 0.4) is 0 Å². The number of carbonyl (C=O) groups excluding carboxylic acids is 1. The lowest BCUT2D eigenvalue weighted by molar-refractivity contribution is -0.138. The number of hydrogen-bond acceptors (Lipinski definition) is 3. The fourth-order valence-corrected chi connectivity index (χ4v) is 1.87. The van der Waals surface area contributed by atoms with E-state index < -0.39 is 18.6 Å². The van der Waals surface area contributed by atoms with Crippen LogP contribution in [0.15, 0.2) is 41.4 Å². The van der Waals surface area contributed by atoms with Gasteiger partial charge in [-0.15, -0.1) is 0 Å². The van der Waals surface area contributed by atoms with Crippen LogP contribution >= 0.6 is 15.9 Å². The van der Waals surface area contributed by atoms with E-state index in [0.717, 1.165) is 14.9 Å². The Labute approximate surface area is 119 Å². The van der Waals surface area contributed by atoms with E-state index in [9.17, 15) is 9.59 Å². The molecule has 19 heavy (non-hydrogen) atoms. The summed E-state index contributed by atoms with van der Waals surface area (Å²) in [5, 5.41) is 8.81. The summed E-state index contributed by atoms with van der Waals surface area (Å²) in [6.07, 6.45) is 0.748. The number of carbonyl (C=O) groups is 2. The minimum absolute atomic E-state index is 0.0490. The predicted octanol–water partition coefficient (Wildman–Crippen LogP) is 2.66. The van der Waals surface area contributed by atoms with Gasteiger partial charge in [-0.2, -0.15) is 0 Å². The van der Waals surface area contributed by atoms with Crippen LogP contribution in [0.1, 0.15) is 5.56 Å². The maximum Gasteiger partial charge on any atom is 0.410 e. The highest BCUT2D eigenvalue weighted by atomic mass is 79.9. The SMILES string of the molecule is C=CCOC(=O)N(CC(=O)O)Cc1cccc(Br)c1. The van der Waals surface area contributed by atoms with Crippen molar-refractivity contribution >= 4 is 28.0 Å². The second kappa shape index (κ2) is 7.58. The first kappa shape index (κ1) is 15.2. The number of carboxylic acids is 1. The molecular formula is C13H14BrNO4. The largest absolute Gasteiger partial charge is 0.480 e. The van der Waals surface area contributed by atoms with E-state index in [1.54, 1.807) is 6.07 Å². The molecule has 1 amide bonds. The fourth-order valence-electron chi connectivity index (χ4n) is 1.43. The van der Waals surface area contributed by atoms with Gasteiger partial charge in [0.2, 0.25) is 0 Å². The van der Waals surface area contributed by atoms with Crippen molar-refractivity contribution in [2.24, 2.45) is 0 Å². The summed E-state index contributed by atoms with van der Waals surface area (Å²) in [5.74, 6) is -1.09. The van der Waals surface area contributed by atoms with Crippen LogP contribution in [0.4, 0.5) is 4.79 Å². The normalized spacial score (nSPS) is 9.74. The van der Waals surface area contributed by atoms with Gasteiger partial charge in [0.1, 0.15) is 13.2 Å². The molecule has 0 spiro atoms. The van der Waals surface area contributed by atoms with Crippen molar-refractivity contribution < 1.29 is 19.4 Å². The van der Waals surface area contributed by atoms with Crippen LogP contribution in [0.5, 0.6) is 0 Å². The minimum Gasteiger partial charge on any atom is -0.480 e. The van der Waals surface area contributed by atoms with Gasteiger partial charge in [-0.3, -0.25) is 9.69 Å². The third-order valence-electron chi connectivity index (χ3n) is 2.17. The molecule has 0 radical (unpaired) electrons. The fraction of sp³-hybridized carbons (Fsp3) is 0.231. The topological polar surface area (TPSA) is 66.8 Å². The molecular weight excluding hydrogens is 314 g/mol. The monoisotopic (exact) mass is 327 g/mol. The van der Waals surface area contributed by atoms with E-state index in [1.807, 2.05) is 18.2 Å². The number of benzene rings is 1. The van der Waals surface area contributed by atoms with Crippen LogP contribution < -0.4 is 0 Å². The molecule has 0 saturated heterocycles. The Morgan fingerprint density at radius 2 is 2.21 bits per heavy atom. The molecule has 0 atom stereocenters. The van der Waals surface area contributed by atoms with Crippen LogP contribution in [0.25, 0.3) is 0 Å². The lowest BCUT2D eigenvalue weighted by Crippen LogP contribution is -2.35. The van der Waals surface area contributed by atoms with Crippen molar-refractivity contribution in [1.29, 1.82) is 0 Å². The van der Waals surface area contributed by atoms with E-state index >= 15 is 0 Å². The Balaban J connectivity index is 2.76. The van der Waals surface area contributed by atoms with Gasteiger partial charge in [0.05, 0.1) is 0 Å². The van der Waals surface area contributed by atoms with Crippen molar-refractivity contribution in [2.75, 3.05) is 13.2 Å². The number of ether oxygens (including phenoxy) is 1. The van der Waals surface area contributed by atoms with Crippen LogP contribution in [-0.2, 0) is 16.1 Å². The van der Waals surface area contributed by atoms with Gasteiger partial charge >= 0.3 is 12.1 Å². The van der Waals surface area contributed by atoms with Gasteiger partial charge in [-0.25, -0.2) is 4.79 Å². The summed E-state index contributed by atoms with van der Waals surface area (Å²) in [6, 6.07) is 7.28. The Hall–Kier alpha value is -1.82. The third-order valence-corrected chi connectivity index (χ3v) is 2.66. The summed E-state index contributed by atoms with van der Waals surface area (Å²) in [4.78, 5) is 23.6. The maximum absolute atomic E-state index is 11.7. The molecule has 6 heteroatoms. The number of rotatable bonds is 6. The lowest BCUT2D eigenvalue weighted by atomic mass is 10.2. The average molecular weight is 328 g/mol. The summed E-state index contributed by atoms with van der Waals surface area (Å²) < 4.78 is 5.71. The number of halogens is 1. The zero-order chi connectivity index (χ0) is 14.3. The zero-order valence-electron chi connectivity index (χ0n) is 10.2. The number of carboxylic acid groups (broad SMARTS) is 1. The molecule has 0 unspecified atom stereocenters. The summed E-state index contributed by atoms with van der Waals surface area (Å²) in [6.45, 7) is 3.23. The Kier molecular flexibility index (Phi) is 6.08. The van der Waals surface area contributed by atoms with E-state index in [1.165, 1.54) is 6.08 Å². The summed E-state index contributed by atoms with van der Waals surface area (Å²) in [7, 11) is 0. The highest BCUT2D eigenvalue weighted by molar-refractivity contribution is 9.10. The molecule has 1 aromatic carbocycles. The second-order valence-electron chi connectivity index (χ2n) is 3.75. The Bertz CT molecular complexity index is 475. The van der Waals surface area contributed by atoms with Crippen LogP contribution in [0, 0.1) is 0 Å². The molecule has 1 aromatic rings. The molecule has 1 rings (SSSR count). The zero-order valence-corrected chi connectivity index (χ0v) is 11.8. The third kappa shape index (κ3) is 5.56. The molecule has 0 aliphatic carbocycles. The van der Waals surface area contributed by atoms with Crippen molar-refractivity contribution in [3.05, 3.63) is 47.0 Å². The molecule has 0 aliphatic rings. The van der Waals surface area contributed by atoms with Crippen molar-refractivity contribution in [2.45, 2.75) is 6.54 Å². The predicted molar refractivity (Wildman–Crippen MR) is 73.7 cm³/mol. The first-order valence-electron chi connectivity index (χ1n) is 5.51. The molecule has 102 valence electrons. The molecule has 1 N–H and O–H groups in total. The number of hydrogen-bond donors (Lipinski definition) is 1. The van der Waals surface area contributed by atoms with Gasteiger partial charge < -0.3 is 9.84 Å². The number of nitrogens with zero attached hydrogens (tertiary/aromatic N) is 1. The van der Waals surface area contributed by atoms with Crippen molar-refractivity contribution in [3.63, 3.8) is 0 Å². The Morgan fingerprint density at radius 1 is 1.47 bits per heavy atom. The van der Waals surface area contributed by atoms with Gasteiger partial charge in [-0.05, 0) is 17.7 Å². The van der Waals surface area contributed by atoms with Crippen LogP contribution in [-0.4, -0.2) is 35.2 Å². The molecule has 0 bridgehead atoms. The molecule has 0 fully saturated rings. The van der Waals surface area contributed by atoms with Gasteiger partial charge in [0.15, 0.2) is 0 Å². The van der Waals surface area contributed by atoms with E-state index in [-0.39, 0.29) is 13.2 Å². The molecule has 5 nitrogen and oxygen atoms in total. The van der Waals surface area contributed by atoms with Crippen LogP contribution in [0.2, 0.25) is 0 Å². The summed E-state index contributed by atoms with van der Waals surface area (Å²) in [5.41, 5.74) is 0.811. The van der Waals surface area contributed by atoms with E-state index in [4.69, 9.17) is 9.84 Å². The van der Waals surface area contributed by atoms with Crippen molar-refractivity contribution in [1.82, 2.24) is 4.90 Å². The van der Waals surface area contributed by atoms with Gasteiger partial charge in [0, 0.05) is 11.0 Å². The standard InChI is InChI=1S/C13H14BrNO4/c1-2-6-19-13(18)15(9-12(16)17)8-10-4-3-5-11(14)7-10/h2-5,7H,1,6,8-9H2,(H,16,17). The number of amides is 1. The maximum atomic E-state index is 11.7. The quantitative estimate of drug-likeness (QED) is 0.815. The van der Waals surface area contributed by atoms with E-state index in [2.05, 4.69) is 22.5 Å². The first-order valence-corrected chi connectivity index (χ1v) is 6.31. The average Bonchev–Trinajstić information content (AvgIpc) is 2.34. The minimum atomic E-state index is -1.09. The molecule has 0 saturated carbocycles. The van der Waals surface area contributed by atoms with Gasteiger partial charge in [-0.1, -0.05) is 40.7 Å². The second-order valence-corrected chi connectivity index (χ2v) is 4.66. The summed E-state index contributed by atoms with van der Waals surface area (Å²) >= 11 is 3.32. The lowest BCUT2D eigenvalue weighted by Gasteiger charge is -2.20. The number of aliphatic carboxylic acids is 1. The molecule has 0 aromatic heterocycles. The highest BCUT2D eigenvalue weighted by Crippen LogP contribution is 2.14. The molecule has 0 aliphatic heterocycles. The Morgan fingerprint density at radius 3 is 2.79 bits per heavy atom. The smallest absolute Gasteiger partial charge is 0.410 e. The van der Waals surface area contributed by atoms with Gasteiger partial charge in [0.25, 0.3) is 0 Å². The highest BCUT2D eigenvalue weighted by Gasteiger charge is 2.18.